The van der Waals surface area contributed by atoms with E-state index in [1.807, 2.05) is 5.48 Å². The van der Waals surface area contributed by atoms with Crippen LogP contribution in [0.1, 0.15) is 37.1 Å². The summed E-state index contributed by atoms with van der Waals surface area (Å²) in [6, 6.07) is 6.81. The highest BCUT2D eigenvalue weighted by Gasteiger charge is 2.26. The number of benzene rings is 1. The maximum absolute atomic E-state index is 12.3. The molecule has 2 N–H and O–H groups in total. The second-order valence-corrected chi connectivity index (χ2v) is 6.17. The van der Waals surface area contributed by atoms with Crippen molar-refractivity contribution in [1.29, 1.82) is 0 Å². The van der Waals surface area contributed by atoms with Crippen LogP contribution in [0.3, 0.4) is 0 Å². The van der Waals surface area contributed by atoms with Gasteiger partial charge in [0.1, 0.15) is 11.5 Å². The number of rotatable bonds is 5. The number of hydroxylamine groups is 1. The average molecular weight is 349 g/mol. The summed E-state index contributed by atoms with van der Waals surface area (Å²) in [5, 5.41) is 17.5. The number of aliphatic imine (C=N–C) groups is 1. The lowest BCUT2D eigenvalue weighted by atomic mass is 9.98. The minimum absolute atomic E-state index is 0.0488. The Hall–Kier alpha value is -2.25. The SMILES string of the molecule is O=C(Cc1nonc1C(=Nc1cccc(Cl)c1)NO)C1CCCC1. The molecule has 1 aromatic carbocycles. The normalized spacial score (nSPS) is 15.7. The summed E-state index contributed by atoms with van der Waals surface area (Å²) in [6.07, 6.45) is 4.11. The molecule has 1 aliphatic rings. The predicted octanol–water partition coefficient (Wildman–Crippen LogP) is 3.08. The van der Waals surface area contributed by atoms with Gasteiger partial charge in [-0.25, -0.2) is 9.62 Å². The van der Waals surface area contributed by atoms with Gasteiger partial charge >= 0.3 is 0 Å². The molecule has 0 atom stereocenters. The Morgan fingerprint density at radius 3 is 2.88 bits per heavy atom. The number of carbonyl (C=O) groups excluding carboxylic acids is 1. The van der Waals surface area contributed by atoms with Gasteiger partial charge in [0.2, 0.25) is 0 Å². The molecule has 1 fully saturated rings. The molecule has 0 unspecified atom stereocenters. The zero-order valence-corrected chi connectivity index (χ0v) is 13.7. The Balaban J connectivity index is 1.83. The van der Waals surface area contributed by atoms with Gasteiger partial charge < -0.3 is 0 Å². The first-order chi connectivity index (χ1) is 11.7. The third-order valence-electron chi connectivity index (χ3n) is 4.09. The van der Waals surface area contributed by atoms with Gasteiger partial charge in [-0.15, -0.1) is 0 Å². The molecule has 126 valence electrons. The standard InChI is InChI=1S/C16H17ClN4O3/c17-11-6-3-7-12(8-11)18-16(19-23)15-13(20-24-21-15)9-14(22)10-4-1-2-5-10/h3,6-8,10,23H,1-2,4-5,9H2,(H,18,19). The van der Waals surface area contributed by atoms with Crippen molar-refractivity contribution in [2.24, 2.45) is 10.9 Å². The van der Waals surface area contributed by atoms with Gasteiger partial charge in [0.15, 0.2) is 11.5 Å². The molecule has 0 aliphatic heterocycles. The summed E-state index contributed by atoms with van der Waals surface area (Å²) in [5.41, 5.74) is 3.08. The number of halogens is 1. The van der Waals surface area contributed by atoms with Gasteiger partial charge in [0.05, 0.1) is 12.1 Å². The molecule has 0 amide bonds. The summed E-state index contributed by atoms with van der Waals surface area (Å²) in [6.45, 7) is 0. The third kappa shape index (κ3) is 3.80. The molecular formula is C16H17ClN4O3. The maximum Gasteiger partial charge on any atom is 0.182 e. The summed E-state index contributed by atoms with van der Waals surface area (Å²) >= 11 is 5.93. The molecule has 2 aromatic rings. The minimum Gasteiger partial charge on any atom is -0.299 e. The van der Waals surface area contributed by atoms with Crippen LogP contribution in [0.2, 0.25) is 5.02 Å². The van der Waals surface area contributed by atoms with Crippen molar-refractivity contribution < 1.29 is 14.6 Å². The molecule has 7 nitrogen and oxygen atoms in total. The van der Waals surface area contributed by atoms with Crippen molar-refractivity contribution >= 4 is 28.9 Å². The van der Waals surface area contributed by atoms with Crippen molar-refractivity contribution in [2.45, 2.75) is 32.1 Å². The largest absolute Gasteiger partial charge is 0.299 e. The van der Waals surface area contributed by atoms with E-state index < -0.39 is 0 Å². The van der Waals surface area contributed by atoms with Crippen LogP contribution in [0.4, 0.5) is 5.69 Å². The van der Waals surface area contributed by atoms with Crippen molar-refractivity contribution in [3.8, 4) is 0 Å². The van der Waals surface area contributed by atoms with Crippen LogP contribution in [0.15, 0.2) is 33.9 Å². The lowest BCUT2D eigenvalue weighted by Crippen LogP contribution is -2.23. The molecular weight excluding hydrogens is 332 g/mol. The average Bonchev–Trinajstić information content (AvgIpc) is 3.24. The molecule has 0 saturated heterocycles. The fourth-order valence-electron chi connectivity index (χ4n) is 2.87. The molecule has 0 radical (unpaired) electrons. The summed E-state index contributed by atoms with van der Waals surface area (Å²) < 4.78 is 4.74. The van der Waals surface area contributed by atoms with Crippen molar-refractivity contribution in [3.05, 3.63) is 40.7 Å². The molecule has 0 spiro atoms. The highest BCUT2D eigenvalue weighted by atomic mass is 35.5. The first kappa shape index (κ1) is 16.6. The van der Waals surface area contributed by atoms with Crippen molar-refractivity contribution in [1.82, 2.24) is 15.8 Å². The van der Waals surface area contributed by atoms with Crippen LogP contribution < -0.4 is 5.48 Å². The highest BCUT2D eigenvalue weighted by Crippen LogP contribution is 2.27. The van der Waals surface area contributed by atoms with Crippen LogP contribution in [0, 0.1) is 5.92 Å². The molecule has 3 rings (SSSR count). The van der Waals surface area contributed by atoms with Gasteiger partial charge in [0, 0.05) is 10.9 Å². The number of aromatic nitrogens is 2. The zero-order valence-electron chi connectivity index (χ0n) is 12.9. The van der Waals surface area contributed by atoms with Crippen molar-refractivity contribution in [2.75, 3.05) is 0 Å². The second kappa shape index (κ2) is 7.55. The van der Waals surface area contributed by atoms with E-state index in [4.69, 9.17) is 16.2 Å². The van der Waals surface area contributed by atoms with E-state index in [2.05, 4.69) is 15.3 Å². The minimum atomic E-state index is 0.0488. The topological polar surface area (TPSA) is 101 Å². The Morgan fingerprint density at radius 2 is 2.17 bits per heavy atom. The first-order valence-corrected chi connectivity index (χ1v) is 8.14. The van der Waals surface area contributed by atoms with Gasteiger partial charge in [-0.1, -0.05) is 35.7 Å². The maximum atomic E-state index is 12.3. The van der Waals surface area contributed by atoms with Crippen LogP contribution >= 0.6 is 11.6 Å². The van der Waals surface area contributed by atoms with Crippen LogP contribution in [-0.4, -0.2) is 27.1 Å². The fourth-order valence-corrected chi connectivity index (χ4v) is 3.05. The monoisotopic (exact) mass is 348 g/mol. The number of ketones is 1. The zero-order chi connectivity index (χ0) is 16.9. The van der Waals surface area contributed by atoms with Gasteiger partial charge in [-0.3, -0.25) is 15.5 Å². The van der Waals surface area contributed by atoms with Gasteiger partial charge in [-0.2, -0.15) is 0 Å². The molecule has 0 bridgehead atoms. The predicted molar refractivity (Wildman–Crippen MR) is 87.5 cm³/mol. The molecule has 1 aromatic heterocycles. The second-order valence-electron chi connectivity index (χ2n) is 5.74. The fraction of sp³-hybridized carbons (Fsp3) is 0.375. The number of nitrogens with one attached hydrogen (secondary N) is 1. The summed E-state index contributed by atoms with van der Waals surface area (Å²) in [4.78, 5) is 16.6. The van der Waals surface area contributed by atoms with Gasteiger partial charge in [-0.05, 0) is 36.2 Å². The first-order valence-electron chi connectivity index (χ1n) is 7.76. The molecule has 1 saturated carbocycles. The van der Waals surface area contributed by atoms with E-state index in [0.29, 0.717) is 16.4 Å². The van der Waals surface area contributed by atoms with E-state index in [0.717, 1.165) is 25.7 Å². The van der Waals surface area contributed by atoms with E-state index in [9.17, 15) is 10.0 Å². The Bertz CT molecular complexity index is 753. The quantitative estimate of drug-likeness (QED) is 0.489. The lowest BCUT2D eigenvalue weighted by Gasteiger charge is -2.07. The smallest absolute Gasteiger partial charge is 0.182 e. The number of amidine groups is 1. The molecule has 8 heteroatoms. The third-order valence-corrected chi connectivity index (χ3v) is 4.32. The van der Waals surface area contributed by atoms with Gasteiger partial charge in [0.25, 0.3) is 0 Å². The van der Waals surface area contributed by atoms with Crippen LogP contribution in [0.25, 0.3) is 0 Å². The summed E-state index contributed by atoms with van der Waals surface area (Å²) in [7, 11) is 0. The van der Waals surface area contributed by atoms with E-state index >= 15 is 0 Å². The molecule has 24 heavy (non-hydrogen) atoms. The van der Waals surface area contributed by atoms with Crippen LogP contribution in [0.5, 0.6) is 0 Å². The Kier molecular flexibility index (Phi) is 5.22. The number of Topliss-reactive ketones (excluding diaryl/α,β-unsaturated/α-hetero) is 1. The number of nitrogens with zero attached hydrogens (tertiary/aromatic N) is 3. The van der Waals surface area contributed by atoms with Crippen molar-refractivity contribution in [3.63, 3.8) is 0 Å². The van der Waals surface area contributed by atoms with E-state index in [1.165, 1.54) is 0 Å². The highest BCUT2D eigenvalue weighted by molar-refractivity contribution is 6.30. The Morgan fingerprint density at radius 1 is 1.38 bits per heavy atom. The summed E-state index contributed by atoms with van der Waals surface area (Å²) in [5.74, 6) is 0.238. The number of hydrogen-bond acceptors (Lipinski definition) is 6. The Labute approximate surface area is 143 Å². The number of hydrogen-bond donors (Lipinski definition) is 2. The van der Waals surface area contributed by atoms with E-state index in [-0.39, 0.29) is 29.7 Å². The molecule has 1 heterocycles. The molecule has 1 aliphatic carbocycles. The lowest BCUT2D eigenvalue weighted by molar-refractivity contribution is -0.122. The van der Waals surface area contributed by atoms with E-state index in [1.54, 1.807) is 24.3 Å². The number of carbonyl (C=O) groups is 1. The van der Waals surface area contributed by atoms with Crippen LogP contribution in [-0.2, 0) is 11.2 Å².